The largest absolute Gasteiger partial charge is 0.501 e. The van der Waals surface area contributed by atoms with E-state index in [1.54, 1.807) is 0 Å². The molecule has 3 aromatic rings. The number of nitrogens with one attached hydrogen (secondary N) is 2. The van der Waals surface area contributed by atoms with Crippen molar-refractivity contribution in [2.75, 3.05) is 0 Å². The van der Waals surface area contributed by atoms with E-state index in [9.17, 15) is 23.9 Å². The number of benzene rings is 1. The maximum atomic E-state index is 13.8. The molecule has 11 nitrogen and oxygen atoms in total. The van der Waals surface area contributed by atoms with Crippen molar-refractivity contribution in [2.45, 2.75) is 32.8 Å². The average molecular weight is 451 g/mol. The number of aromatic hydroxyl groups is 1. The van der Waals surface area contributed by atoms with E-state index in [-0.39, 0.29) is 11.4 Å². The molecule has 3 rings (SSSR count). The Bertz CT molecular complexity index is 1520. The number of rotatable bonds is 6. The van der Waals surface area contributed by atoms with Crippen LogP contribution in [-0.4, -0.2) is 36.7 Å². The zero-order chi connectivity index (χ0) is 29.6. The van der Waals surface area contributed by atoms with Crippen LogP contribution >= 0.6 is 0 Å². The number of hydrogen-bond donors (Lipinski definition) is 3. The number of nitrogens with zero attached hydrogens (tertiary/aromatic N) is 4. The van der Waals surface area contributed by atoms with Gasteiger partial charge in [-0.2, -0.15) is 0 Å². The number of aromatic nitrogens is 4. The predicted octanol–water partition coefficient (Wildman–Crippen LogP) is 0.912. The lowest BCUT2D eigenvalue weighted by molar-refractivity contribution is 0.0869. The molecule has 0 saturated heterocycles. The monoisotopic (exact) mass is 451 g/mol. The minimum atomic E-state index is -2.76. The fraction of sp³-hybridized carbons (Fsp3) is 0.300. The standard InChI is InChI=1S/C20H21FN6O5/c1-10-25-26-17(32-10)16(30)24-20(2,3)19-23-13(14(28)18(31)27(19)4)15(29)22-9-11-5-7-12(21)8-6-11/h5-8,28H,9H2,1-4H3,(H,22,29)(H,24,30)/i1D3,5D,6D,7D,8D. The van der Waals surface area contributed by atoms with Crippen molar-refractivity contribution < 1.29 is 33.1 Å². The molecule has 0 saturated carbocycles. The van der Waals surface area contributed by atoms with Crippen molar-refractivity contribution in [3.8, 4) is 5.75 Å². The van der Waals surface area contributed by atoms with Gasteiger partial charge >= 0.3 is 11.8 Å². The summed E-state index contributed by atoms with van der Waals surface area (Å²) in [6, 6.07) is -3.35. The van der Waals surface area contributed by atoms with Crippen LogP contribution in [0.3, 0.4) is 0 Å². The van der Waals surface area contributed by atoms with E-state index in [1.807, 2.05) is 0 Å². The third kappa shape index (κ3) is 4.63. The third-order valence-electron chi connectivity index (χ3n) is 4.16. The van der Waals surface area contributed by atoms with Gasteiger partial charge in [0, 0.05) is 24.6 Å². The molecule has 32 heavy (non-hydrogen) atoms. The number of hydrogen-bond acceptors (Lipinski definition) is 8. The number of amides is 2. The van der Waals surface area contributed by atoms with E-state index in [1.165, 1.54) is 20.9 Å². The first-order valence-corrected chi connectivity index (χ1v) is 8.88. The molecule has 0 aliphatic carbocycles. The SMILES string of the molecule is [2H]c1c([2H])c(CNC(=O)c2nc(C(C)(C)NC(=O)c3nnc(C([2H])([2H])[2H])o3)n(C)c(=O)c2O)c([2H])c([2H])c1F. The van der Waals surface area contributed by atoms with Crippen LogP contribution in [0.1, 0.15) is 61.9 Å². The van der Waals surface area contributed by atoms with Gasteiger partial charge in [0.15, 0.2) is 5.69 Å². The molecule has 2 heterocycles. The molecule has 0 bridgehead atoms. The van der Waals surface area contributed by atoms with Crippen LogP contribution in [0, 0.1) is 12.7 Å². The smallest absolute Gasteiger partial charge is 0.309 e. The Morgan fingerprint density at radius 2 is 1.97 bits per heavy atom. The first kappa shape index (κ1) is 14.8. The zero-order valence-corrected chi connectivity index (χ0v) is 17.0. The van der Waals surface area contributed by atoms with E-state index >= 15 is 0 Å². The van der Waals surface area contributed by atoms with Crippen LogP contribution in [0.4, 0.5) is 4.39 Å². The number of halogens is 1. The van der Waals surface area contributed by atoms with E-state index in [4.69, 9.17) is 14.0 Å². The lowest BCUT2D eigenvalue weighted by Crippen LogP contribution is -2.46. The molecule has 0 aliphatic rings. The van der Waals surface area contributed by atoms with Crippen LogP contribution in [0.5, 0.6) is 5.75 Å². The molecule has 0 aliphatic heterocycles. The minimum absolute atomic E-state index is 0.245. The molecule has 3 N–H and O–H groups in total. The highest BCUT2D eigenvalue weighted by Gasteiger charge is 2.32. The molecule has 0 atom stereocenters. The Morgan fingerprint density at radius 1 is 1.28 bits per heavy atom. The van der Waals surface area contributed by atoms with Gasteiger partial charge in [-0.1, -0.05) is 12.1 Å². The first-order chi connectivity index (χ1) is 17.9. The normalized spacial score (nSPS) is 14.8. The highest BCUT2D eigenvalue weighted by atomic mass is 19.1. The molecule has 2 aromatic heterocycles. The lowest BCUT2D eigenvalue weighted by atomic mass is 10.0. The molecule has 12 heteroatoms. The Balaban J connectivity index is 1.92. The third-order valence-corrected chi connectivity index (χ3v) is 4.16. The molecular formula is C20H21FN6O5. The maximum Gasteiger partial charge on any atom is 0.309 e. The Kier molecular flexibility index (Phi) is 3.97. The van der Waals surface area contributed by atoms with Crippen LogP contribution in [0.2, 0.25) is 0 Å². The van der Waals surface area contributed by atoms with Gasteiger partial charge in [0.1, 0.15) is 11.6 Å². The van der Waals surface area contributed by atoms with Crippen molar-refractivity contribution >= 4 is 11.8 Å². The molecule has 0 unspecified atom stereocenters. The summed E-state index contributed by atoms with van der Waals surface area (Å²) >= 11 is 0. The topological polar surface area (TPSA) is 152 Å². The fourth-order valence-corrected chi connectivity index (χ4v) is 2.68. The van der Waals surface area contributed by atoms with Gasteiger partial charge < -0.3 is 20.2 Å². The van der Waals surface area contributed by atoms with Crippen molar-refractivity contribution in [3.63, 3.8) is 0 Å². The Hall–Kier alpha value is -4.09. The summed E-state index contributed by atoms with van der Waals surface area (Å²) < 4.78 is 72.0. The molecule has 168 valence electrons. The highest BCUT2D eigenvalue weighted by molar-refractivity contribution is 5.94. The van der Waals surface area contributed by atoms with Gasteiger partial charge in [-0.05, 0) is 31.5 Å². The van der Waals surface area contributed by atoms with Gasteiger partial charge in [0.25, 0.3) is 11.5 Å². The van der Waals surface area contributed by atoms with Crippen molar-refractivity contribution in [2.24, 2.45) is 7.05 Å². The summed E-state index contributed by atoms with van der Waals surface area (Å²) in [6.07, 6.45) is 0. The van der Waals surface area contributed by atoms with Gasteiger partial charge in [-0.15, -0.1) is 10.2 Å². The molecule has 0 radical (unpaired) electrons. The fourth-order valence-electron chi connectivity index (χ4n) is 2.68. The summed E-state index contributed by atoms with van der Waals surface area (Å²) in [4.78, 5) is 42.1. The van der Waals surface area contributed by atoms with Gasteiger partial charge in [-0.3, -0.25) is 19.0 Å². The maximum absolute atomic E-state index is 13.8. The number of carbonyl (C=O) groups excluding carboxylic acids is 2. The van der Waals surface area contributed by atoms with E-state index in [2.05, 4.69) is 25.8 Å². The van der Waals surface area contributed by atoms with E-state index in [0.717, 1.165) is 4.57 Å². The van der Waals surface area contributed by atoms with Gasteiger partial charge in [0.05, 0.1) is 11.0 Å². The molecular weight excluding hydrogens is 423 g/mol. The van der Waals surface area contributed by atoms with Gasteiger partial charge in [-0.25, -0.2) is 9.37 Å². The quantitative estimate of drug-likeness (QED) is 0.500. The second-order valence-corrected chi connectivity index (χ2v) is 6.96. The number of aryl methyl sites for hydroxylation is 1. The zero-order valence-electron chi connectivity index (χ0n) is 24.0. The summed E-state index contributed by atoms with van der Waals surface area (Å²) in [5.41, 5.74) is -3.79. The van der Waals surface area contributed by atoms with Crippen LogP contribution in [-0.2, 0) is 19.1 Å². The Morgan fingerprint density at radius 3 is 2.59 bits per heavy atom. The van der Waals surface area contributed by atoms with Crippen molar-refractivity contribution in [1.82, 2.24) is 30.4 Å². The van der Waals surface area contributed by atoms with E-state index in [0.29, 0.717) is 0 Å². The minimum Gasteiger partial charge on any atom is -0.501 e. The summed E-state index contributed by atoms with van der Waals surface area (Å²) in [5, 5.41) is 21.6. The average Bonchev–Trinajstić information content (AvgIpc) is 3.36. The summed E-state index contributed by atoms with van der Waals surface area (Å²) in [5.74, 6) is -6.35. The van der Waals surface area contributed by atoms with Crippen LogP contribution in [0.15, 0.2) is 33.4 Å². The number of carbonyl (C=O) groups is 2. The van der Waals surface area contributed by atoms with Crippen LogP contribution < -0.4 is 16.2 Å². The first-order valence-electron chi connectivity index (χ1n) is 12.4. The predicted molar refractivity (Wildman–Crippen MR) is 108 cm³/mol. The molecule has 1 aromatic carbocycles. The Labute approximate surface area is 191 Å². The second-order valence-electron chi connectivity index (χ2n) is 6.96. The van der Waals surface area contributed by atoms with Gasteiger partial charge in [0.2, 0.25) is 11.6 Å². The molecule has 0 spiro atoms. The summed E-state index contributed by atoms with van der Waals surface area (Å²) in [6.45, 7) is -0.653. The highest BCUT2D eigenvalue weighted by Crippen LogP contribution is 2.20. The second kappa shape index (κ2) is 8.57. The molecule has 0 fully saturated rings. The van der Waals surface area contributed by atoms with E-state index < -0.39 is 89.5 Å². The van der Waals surface area contributed by atoms with Crippen molar-refractivity contribution in [3.05, 3.63) is 69.2 Å². The van der Waals surface area contributed by atoms with Crippen molar-refractivity contribution in [1.29, 1.82) is 0 Å². The lowest BCUT2D eigenvalue weighted by Gasteiger charge is -2.27. The summed E-state index contributed by atoms with van der Waals surface area (Å²) in [7, 11) is 1.20. The van der Waals surface area contributed by atoms with Crippen LogP contribution in [0.25, 0.3) is 0 Å². The molecule has 2 amide bonds.